The van der Waals surface area contributed by atoms with E-state index < -0.39 is 0 Å². The van der Waals surface area contributed by atoms with Gasteiger partial charge in [-0.15, -0.1) is 23.9 Å². The van der Waals surface area contributed by atoms with Crippen LogP contribution in [0.5, 0.6) is 0 Å². The number of rotatable bonds is 2. The van der Waals surface area contributed by atoms with E-state index >= 15 is 0 Å². The molecule has 0 fully saturated rings. The van der Waals surface area contributed by atoms with Gasteiger partial charge in [-0.05, 0) is 12.8 Å². The fraction of sp³-hybridized carbons (Fsp3) is 0.125. The van der Waals surface area contributed by atoms with Crippen LogP contribution in [-0.2, 0) is 0 Å². The van der Waals surface area contributed by atoms with E-state index in [-0.39, 0.29) is 0 Å². The molecule has 3 rings (SSSR count). The van der Waals surface area contributed by atoms with E-state index in [1.165, 1.54) is 10.9 Å². The standard InChI is InChI=1S/C16H16B2/c1-5-11-17(12-6-1)15-9-3-4-10-16(15)18-13-7-2-8-14-18/h3-14H,1-2H2. The molecule has 2 aliphatic heterocycles. The SMILES string of the molecule is C1=CB(c2ccccc2B2C=CCC=C2)C=CC1. The predicted molar refractivity (Wildman–Crippen MR) is 83.0 cm³/mol. The number of hydrogen-bond donors (Lipinski definition) is 0. The molecule has 86 valence electrons. The smallest absolute Gasteiger partial charge is 0.110 e. The Morgan fingerprint density at radius 2 is 1.00 bits per heavy atom. The molecular formula is C16H16B2. The van der Waals surface area contributed by atoms with Crippen molar-refractivity contribution >= 4 is 24.4 Å². The molecule has 2 heterocycles. The summed E-state index contributed by atoms with van der Waals surface area (Å²) in [5, 5.41) is 0. The van der Waals surface area contributed by atoms with E-state index in [1.54, 1.807) is 0 Å². The van der Waals surface area contributed by atoms with Crippen molar-refractivity contribution in [3.05, 3.63) is 72.5 Å². The molecule has 0 amide bonds. The first-order chi connectivity index (χ1) is 8.95. The molecule has 0 aliphatic carbocycles. The number of benzene rings is 1. The first kappa shape index (κ1) is 11.4. The quantitative estimate of drug-likeness (QED) is 0.683. The Balaban J connectivity index is 1.99. The monoisotopic (exact) mass is 230 g/mol. The van der Waals surface area contributed by atoms with Crippen LogP contribution in [0.1, 0.15) is 12.8 Å². The lowest BCUT2D eigenvalue weighted by atomic mass is 9.34. The van der Waals surface area contributed by atoms with Crippen LogP contribution in [0, 0.1) is 0 Å². The maximum Gasteiger partial charge on any atom is 0.225 e. The molecule has 0 bridgehead atoms. The van der Waals surface area contributed by atoms with Crippen molar-refractivity contribution in [1.29, 1.82) is 0 Å². The van der Waals surface area contributed by atoms with Crippen LogP contribution in [-0.4, -0.2) is 13.4 Å². The van der Waals surface area contributed by atoms with Gasteiger partial charge in [0.05, 0.1) is 0 Å². The second-order valence-corrected chi connectivity index (χ2v) is 4.86. The third-order valence-corrected chi connectivity index (χ3v) is 3.63. The highest BCUT2D eigenvalue weighted by molar-refractivity contribution is 6.92. The Labute approximate surface area is 110 Å². The van der Waals surface area contributed by atoms with Crippen molar-refractivity contribution < 1.29 is 0 Å². The Bertz CT molecular complexity index is 465. The predicted octanol–water partition coefficient (Wildman–Crippen LogP) is 2.28. The van der Waals surface area contributed by atoms with Gasteiger partial charge < -0.3 is 0 Å². The minimum Gasteiger partial charge on any atom is -0.110 e. The Morgan fingerprint density at radius 1 is 0.611 bits per heavy atom. The number of hydrogen-bond acceptors (Lipinski definition) is 0. The lowest BCUT2D eigenvalue weighted by Crippen LogP contribution is -2.46. The van der Waals surface area contributed by atoms with Crippen LogP contribution in [0.25, 0.3) is 0 Å². The first-order valence-electron chi connectivity index (χ1n) is 6.70. The van der Waals surface area contributed by atoms with Gasteiger partial charge >= 0.3 is 0 Å². The van der Waals surface area contributed by atoms with Gasteiger partial charge in [-0.1, -0.05) is 59.5 Å². The second kappa shape index (κ2) is 5.30. The third-order valence-electron chi connectivity index (χ3n) is 3.63. The van der Waals surface area contributed by atoms with Crippen molar-refractivity contribution in [2.75, 3.05) is 0 Å². The molecule has 0 spiro atoms. The Kier molecular flexibility index (Phi) is 3.36. The van der Waals surface area contributed by atoms with Crippen LogP contribution in [0.3, 0.4) is 0 Å². The molecule has 18 heavy (non-hydrogen) atoms. The van der Waals surface area contributed by atoms with E-state index in [4.69, 9.17) is 0 Å². The third kappa shape index (κ3) is 2.28. The minimum atomic E-state index is 0.443. The lowest BCUT2D eigenvalue weighted by Gasteiger charge is -2.17. The Morgan fingerprint density at radius 3 is 1.39 bits per heavy atom. The van der Waals surface area contributed by atoms with Crippen molar-refractivity contribution in [1.82, 2.24) is 0 Å². The van der Waals surface area contributed by atoms with Crippen molar-refractivity contribution in [3.8, 4) is 0 Å². The van der Waals surface area contributed by atoms with Crippen LogP contribution in [0.2, 0.25) is 0 Å². The van der Waals surface area contributed by atoms with E-state index in [2.05, 4.69) is 72.5 Å². The minimum absolute atomic E-state index is 0.443. The summed E-state index contributed by atoms with van der Waals surface area (Å²) in [7, 11) is 0. The summed E-state index contributed by atoms with van der Waals surface area (Å²) in [5.41, 5.74) is 2.87. The second-order valence-electron chi connectivity index (χ2n) is 4.86. The molecule has 0 saturated carbocycles. The summed E-state index contributed by atoms with van der Waals surface area (Å²) in [6.07, 6.45) is 11.2. The van der Waals surface area contributed by atoms with Crippen LogP contribution < -0.4 is 10.9 Å². The van der Waals surface area contributed by atoms with E-state index in [9.17, 15) is 0 Å². The average Bonchev–Trinajstić information content (AvgIpc) is 2.49. The van der Waals surface area contributed by atoms with E-state index in [1.807, 2.05) is 0 Å². The summed E-state index contributed by atoms with van der Waals surface area (Å²) in [6, 6.07) is 8.81. The van der Waals surface area contributed by atoms with Gasteiger partial charge in [0.2, 0.25) is 13.4 Å². The summed E-state index contributed by atoms with van der Waals surface area (Å²) in [6.45, 7) is 0.886. The van der Waals surface area contributed by atoms with Gasteiger partial charge in [0.25, 0.3) is 0 Å². The lowest BCUT2D eigenvalue weighted by molar-refractivity contribution is 1.39. The van der Waals surface area contributed by atoms with Gasteiger partial charge in [-0.2, -0.15) is 0 Å². The normalized spacial score (nSPS) is 17.6. The van der Waals surface area contributed by atoms with Crippen molar-refractivity contribution in [2.24, 2.45) is 0 Å². The summed E-state index contributed by atoms with van der Waals surface area (Å²) < 4.78 is 0. The van der Waals surface area contributed by atoms with E-state index in [0.717, 1.165) is 12.8 Å². The molecule has 1 aromatic rings. The highest BCUT2D eigenvalue weighted by Crippen LogP contribution is 2.04. The molecule has 0 saturated heterocycles. The summed E-state index contributed by atoms with van der Waals surface area (Å²) in [4.78, 5) is 0. The zero-order valence-electron chi connectivity index (χ0n) is 10.5. The fourth-order valence-corrected chi connectivity index (χ4v) is 2.72. The van der Waals surface area contributed by atoms with Gasteiger partial charge in [-0.25, -0.2) is 0 Å². The molecule has 2 heteroatoms. The summed E-state index contributed by atoms with van der Waals surface area (Å²) >= 11 is 0. The van der Waals surface area contributed by atoms with Crippen molar-refractivity contribution in [2.45, 2.75) is 12.8 Å². The Hall–Kier alpha value is -1.69. The van der Waals surface area contributed by atoms with Gasteiger partial charge in [0, 0.05) is 0 Å². The topological polar surface area (TPSA) is 0 Å². The maximum absolute atomic E-state index is 2.31. The van der Waals surface area contributed by atoms with Crippen LogP contribution >= 0.6 is 0 Å². The van der Waals surface area contributed by atoms with Crippen LogP contribution in [0.4, 0.5) is 0 Å². The molecule has 0 nitrogen and oxygen atoms in total. The average molecular weight is 230 g/mol. The highest BCUT2D eigenvalue weighted by Gasteiger charge is 2.20. The van der Waals surface area contributed by atoms with Crippen LogP contribution in [0.15, 0.2) is 72.5 Å². The summed E-state index contributed by atoms with van der Waals surface area (Å²) in [5.74, 6) is 9.26. The highest BCUT2D eigenvalue weighted by atomic mass is 13.9. The van der Waals surface area contributed by atoms with E-state index in [0.29, 0.717) is 13.4 Å². The molecule has 0 unspecified atom stereocenters. The zero-order chi connectivity index (χ0) is 12.2. The largest absolute Gasteiger partial charge is 0.225 e. The molecular weight excluding hydrogens is 214 g/mol. The molecule has 0 atom stereocenters. The van der Waals surface area contributed by atoms with Crippen molar-refractivity contribution in [3.63, 3.8) is 0 Å². The number of allylic oxidation sites excluding steroid dienone is 4. The first-order valence-corrected chi connectivity index (χ1v) is 6.70. The molecule has 2 aliphatic rings. The van der Waals surface area contributed by atoms with Gasteiger partial charge in [0.1, 0.15) is 0 Å². The zero-order valence-corrected chi connectivity index (χ0v) is 10.5. The van der Waals surface area contributed by atoms with Gasteiger partial charge in [-0.3, -0.25) is 0 Å². The molecule has 1 aromatic carbocycles. The molecule has 0 aromatic heterocycles. The molecule has 0 N–H and O–H groups in total. The fourth-order valence-electron chi connectivity index (χ4n) is 2.72. The molecule has 0 radical (unpaired) electrons. The van der Waals surface area contributed by atoms with Gasteiger partial charge in [0.15, 0.2) is 0 Å². The maximum atomic E-state index is 2.31.